The first-order valence-corrected chi connectivity index (χ1v) is 7.87. The summed E-state index contributed by atoms with van der Waals surface area (Å²) in [6, 6.07) is 17.6. The number of benzene rings is 2. The van der Waals surface area contributed by atoms with Gasteiger partial charge in [-0.2, -0.15) is 0 Å². The zero-order chi connectivity index (χ0) is 15.6. The largest absolute Gasteiger partial charge is 0.103 e. The van der Waals surface area contributed by atoms with Crippen LogP contribution in [0, 0.1) is 0 Å². The van der Waals surface area contributed by atoms with Gasteiger partial charge in [0.1, 0.15) is 0 Å². The van der Waals surface area contributed by atoms with E-state index in [1.165, 1.54) is 22.3 Å². The van der Waals surface area contributed by atoms with Gasteiger partial charge in [-0.25, -0.2) is 0 Å². The molecule has 0 saturated heterocycles. The lowest BCUT2D eigenvalue weighted by Gasteiger charge is -2.04. The van der Waals surface area contributed by atoms with Crippen molar-refractivity contribution in [3.05, 3.63) is 102 Å². The summed E-state index contributed by atoms with van der Waals surface area (Å²) < 4.78 is 0. The molecule has 0 fully saturated rings. The van der Waals surface area contributed by atoms with E-state index in [0.29, 0.717) is 0 Å². The van der Waals surface area contributed by atoms with Crippen molar-refractivity contribution in [1.29, 1.82) is 0 Å². The second-order valence-electron chi connectivity index (χ2n) is 5.50. The van der Waals surface area contributed by atoms with Crippen molar-refractivity contribution in [1.82, 2.24) is 0 Å². The third kappa shape index (κ3) is 5.21. The predicted octanol–water partition coefficient (Wildman–Crippen LogP) is 5.99. The normalized spacial score (nSPS) is 10.7. The highest BCUT2D eigenvalue weighted by molar-refractivity contribution is 5.50. The maximum Gasteiger partial charge on any atom is -0.00258 e. The average molecular weight is 288 g/mol. The van der Waals surface area contributed by atoms with Crippen LogP contribution in [0.3, 0.4) is 0 Å². The molecule has 22 heavy (non-hydrogen) atoms. The molecule has 2 aromatic carbocycles. The van der Waals surface area contributed by atoms with E-state index >= 15 is 0 Å². The Balaban J connectivity index is 1.94. The van der Waals surface area contributed by atoms with Gasteiger partial charge in [-0.15, -0.1) is 13.2 Å². The Morgan fingerprint density at radius 2 is 1.27 bits per heavy atom. The van der Waals surface area contributed by atoms with Crippen LogP contribution in [0.15, 0.2) is 79.9 Å². The van der Waals surface area contributed by atoms with E-state index in [9.17, 15) is 0 Å². The average Bonchev–Trinajstić information content (AvgIpc) is 2.55. The molecule has 0 unspecified atom stereocenters. The molecule has 0 N–H and O–H groups in total. The fraction of sp³-hybridized carbons (Fsp3) is 0.182. The van der Waals surface area contributed by atoms with Crippen LogP contribution in [-0.4, -0.2) is 0 Å². The third-order valence-corrected chi connectivity index (χ3v) is 3.64. The summed E-state index contributed by atoms with van der Waals surface area (Å²) in [5.41, 5.74) is 5.27. The Hall–Kier alpha value is -2.34. The molecule has 0 aliphatic rings. The molecule has 0 heterocycles. The fourth-order valence-electron chi connectivity index (χ4n) is 2.38. The first-order chi connectivity index (χ1) is 10.8. The van der Waals surface area contributed by atoms with Gasteiger partial charge in [0.15, 0.2) is 0 Å². The number of hydrogen-bond acceptors (Lipinski definition) is 0. The molecule has 0 saturated carbocycles. The van der Waals surface area contributed by atoms with Gasteiger partial charge in [0, 0.05) is 0 Å². The Labute approximate surface area is 134 Å². The molecule has 0 amide bonds. The van der Waals surface area contributed by atoms with Crippen molar-refractivity contribution in [3.63, 3.8) is 0 Å². The van der Waals surface area contributed by atoms with Gasteiger partial charge in [-0.3, -0.25) is 0 Å². The summed E-state index contributed by atoms with van der Waals surface area (Å²) in [6.07, 6.45) is 12.3. The SMILES string of the molecule is C=CCC/C=C/c1ccc(Cc2ccc(CC=C)cc2)cc1. The molecular weight excluding hydrogens is 264 g/mol. The first-order valence-electron chi connectivity index (χ1n) is 7.87. The van der Waals surface area contributed by atoms with E-state index in [1.807, 2.05) is 12.2 Å². The van der Waals surface area contributed by atoms with Crippen molar-refractivity contribution in [2.24, 2.45) is 0 Å². The van der Waals surface area contributed by atoms with Crippen molar-refractivity contribution in [3.8, 4) is 0 Å². The van der Waals surface area contributed by atoms with E-state index in [2.05, 4.69) is 73.8 Å². The molecule has 0 bridgehead atoms. The molecule has 2 rings (SSSR count). The summed E-state index contributed by atoms with van der Waals surface area (Å²) in [6.45, 7) is 7.51. The van der Waals surface area contributed by atoms with Crippen LogP contribution in [0.4, 0.5) is 0 Å². The number of rotatable bonds is 8. The maximum absolute atomic E-state index is 3.78. The van der Waals surface area contributed by atoms with E-state index in [1.54, 1.807) is 0 Å². The molecule has 0 nitrogen and oxygen atoms in total. The molecule has 0 radical (unpaired) electrons. The predicted molar refractivity (Wildman–Crippen MR) is 98.1 cm³/mol. The van der Waals surface area contributed by atoms with Gasteiger partial charge < -0.3 is 0 Å². The highest BCUT2D eigenvalue weighted by Gasteiger charge is 1.97. The maximum atomic E-state index is 3.78. The van der Waals surface area contributed by atoms with Gasteiger partial charge in [0.25, 0.3) is 0 Å². The van der Waals surface area contributed by atoms with E-state index < -0.39 is 0 Å². The molecule has 0 heteroatoms. The summed E-state index contributed by atoms with van der Waals surface area (Å²) in [5, 5.41) is 0. The topological polar surface area (TPSA) is 0 Å². The molecule has 0 atom stereocenters. The smallest absolute Gasteiger partial charge is 0.00258 e. The van der Waals surface area contributed by atoms with E-state index in [4.69, 9.17) is 0 Å². The number of unbranched alkanes of at least 4 members (excludes halogenated alkanes) is 1. The Kier molecular flexibility index (Phi) is 6.44. The number of hydrogen-bond donors (Lipinski definition) is 0. The molecule has 2 aromatic rings. The lowest BCUT2D eigenvalue weighted by atomic mass is 10.0. The first kappa shape index (κ1) is 16.0. The van der Waals surface area contributed by atoms with Crippen LogP contribution in [0.1, 0.15) is 35.1 Å². The second kappa shape index (κ2) is 8.84. The van der Waals surface area contributed by atoms with Crippen LogP contribution < -0.4 is 0 Å². The Bertz CT molecular complexity index is 612. The summed E-state index contributed by atoms with van der Waals surface area (Å²) in [5.74, 6) is 0. The van der Waals surface area contributed by atoms with Gasteiger partial charge in [0.2, 0.25) is 0 Å². The van der Waals surface area contributed by atoms with E-state index in [-0.39, 0.29) is 0 Å². The minimum absolute atomic E-state index is 0.938. The zero-order valence-electron chi connectivity index (χ0n) is 13.2. The van der Waals surface area contributed by atoms with Crippen LogP contribution >= 0.6 is 0 Å². The Morgan fingerprint density at radius 1 is 0.682 bits per heavy atom. The van der Waals surface area contributed by atoms with Crippen molar-refractivity contribution >= 4 is 6.08 Å². The molecule has 0 aromatic heterocycles. The number of allylic oxidation sites excluding steroid dienone is 3. The highest BCUT2D eigenvalue weighted by atomic mass is 14.0. The monoisotopic (exact) mass is 288 g/mol. The minimum atomic E-state index is 0.938. The van der Waals surface area contributed by atoms with E-state index in [0.717, 1.165) is 25.7 Å². The molecule has 0 aliphatic carbocycles. The molecular formula is C22H24. The second-order valence-corrected chi connectivity index (χ2v) is 5.50. The van der Waals surface area contributed by atoms with Gasteiger partial charge in [-0.05, 0) is 47.9 Å². The molecule has 0 aliphatic heterocycles. The van der Waals surface area contributed by atoms with Gasteiger partial charge in [-0.1, -0.05) is 72.8 Å². The Morgan fingerprint density at radius 3 is 1.86 bits per heavy atom. The van der Waals surface area contributed by atoms with Crippen LogP contribution in [0.5, 0.6) is 0 Å². The lowest BCUT2D eigenvalue weighted by molar-refractivity contribution is 1.06. The minimum Gasteiger partial charge on any atom is -0.103 e. The van der Waals surface area contributed by atoms with Crippen molar-refractivity contribution in [2.75, 3.05) is 0 Å². The lowest BCUT2D eigenvalue weighted by Crippen LogP contribution is -1.89. The zero-order valence-corrected chi connectivity index (χ0v) is 13.2. The highest BCUT2D eigenvalue weighted by Crippen LogP contribution is 2.13. The molecule has 112 valence electrons. The summed E-state index contributed by atoms with van der Waals surface area (Å²) >= 11 is 0. The van der Waals surface area contributed by atoms with Gasteiger partial charge >= 0.3 is 0 Å². The standard InChI is InChI=1S/C22H24/c1-3-5-6-7-9-20-12-16-22(17-13-20)18-21-14-10-19(8-4-2)11-15-21/h3-4,7,9-17H,1-2,5-6,8,18H2/b9-7+. The molecule has 0 spiro atoms. The quantitative estimate of drug-likeness (QED) is 0.413. The summed E-state index contributed by atoms with van der Waals surface area (Å²) in [7, 11) is 0. The summed E-state index contributed by atoms with van der Waals surface area (Å²) in [4.78, 5) is 0. The van der Waals surface area contributed by atoms with Crippen LogP contribution in [0.2, 0.25) is 0 Å². The van der Waals surface area contributed by atoms with Crippen LogP contribution in [-0.2, 0) is 12.8 Å². The van der Waals surface area contributed by atoms with Crippen LogP contribution in [0.25, 0.3) is 6.08 Å². The fourth-order valence-corrected chi connectivity index (χ4v) is 2.38. The van der Waals surface area contributed by atoms with Gasteiger partial charge in [0.05, 0.1) is 0 Å². The van der Waals surface area contributed by atoms with Crippen molar-refractivity contribution in [2.45, 2.75) is 25.7 Å². The van der Waals surface area contributed by atoms with Crippen molar-refractivity contribution < 1.29 is 0 Å². The third-order valence-electron chi connectivity index (χ3n) is 3.64.